The van der Waals surface area contributed by atoms with Crippen LogP contribution in [0.25, 0.3) is 10.8 Å². The standard InChI is InChI=1S/C18H21N/c1-19-18(15-8-3-2-4-9-15)17-12-11-14-7-5-6-10-16(14)13-17/h5-8,10-13,18-19H,2-4,9H2,1H3. The summed E-state index contributed by atoms with van der Waals surface area (Å²) in [6.07, 6.45) is 7.58. The highest BCUT2D eigenvalue weighted by Crippen LogP contribution is 2.31. The molecule has 0 fully saturated rings. The first-order chi connectivity index (χ1) is 9.38. The molecule has 1 aliphatic rings. The first-order valence-electron chi connectivity index (χ1n) is 7.23. The zero-order valence-corrected chi connectivity index (χ0v) is 11.5. The van der Waals surface area contributed by atoms with Gasteiger partial charge in [0.15, 0.2) is 0 Å². The Hall–Kier alpha value is -1.60. The van der Waals surface area contributed by atoms with Crippen LogP contribution in [0.1, 0.15) is 37.3 Å². The highest BCUT2D eigenvalue weighted by atomic mass is 14.9. The Balaban J connectivity index is 1.98. The molecule has 1 aliphatic carbocycles. The number of allylic oxidation sites excluding steroid dienone is 1. The maximum Gasteiger partial charge on any atom is 0.0533 e. The van der Waals surface area contributed by atoms with Crippen LogP contribution in [0.4, 0.5) is 0 Å². The highest BCUT2D eigenvalue weighted by molar-refractivity contribution is 5.83. The Bertz CT molecular complexity index is 597. The number of hydrogen-bond donors (Lipinski definition) is 1. The second-order valence-electron chi connectivity index (χ2n) is 5.35. The quantitative estimate of drug-likeness (QED) is 0.786. The number of nitrogens with one attached hydrogen (secondary N) is 1. The van der Waals surface area contributed by atoms with Gasteiger partial charge in [-0.3, -0.25) is 0 Å². The molecule has 2 aromatic rings. The summed E-state index contributed by atoms with van der Waals surface area (Å²) in [5.41, 5.74) is 2.94. The summed E-state index contributed by atoms with van der Waals surface area (Å²) in [5.74, 6) is 0. The van der Waals surface area contributed by atoms with Crippen LogP contribution in [-0.2, 0) is 0 Å². The van der Waals surface area contributed by atoms with E-state index in [9.17, 15) is 0 Å². The molecule has 3 rings (SSSR count). The average Bonchev–Trinajstić information content (AvgIpc) is 2.49. The molecule has 1 nitrogen and oxygen atoms in total. The van der Waals surface area contributed by atoms with E-state index in [1.165, 1.54) is 42.0 Å². The summed E-state index contributed by atoms with van der Waals surface area (Å²) in [5, 5.41) is 6.13. The topological polar surface area (TPSA) is 12.0 Å². The molecular weight excluding hydrogens is 230 g/mol. The molecule has 1 heteroatoms. The van der Waals surface area contributed by atoms with Crippen molar-refractivity contribution in [2.75, 3.05) is 7.05 Å². The number of fused-ring (bicyclic) bond motifs is 1. The number of likely N-dealkylation sites (N-methyl/N-ethyl adjacent to an activating group) is 1. The van der Waals surface area contributed by atoms with E-state index >= 15 is 0 Å². The van der Waals surface area contributed by atoms with Gasteiger partial charge in [0, 0.05) is 0 Å². The molecule has 0 spiro atoms. The third-order valence-electron chi connectivity index (χ3n) is 4.09. The van der Waals surface area contributed by atoms with Crippen LogP contribution in [0.15, 0.2) is 54.1 Å². The van der Waals surface area contributed by atoms with Crippen molar-refractivity contribution in [3.8, 4) is 0 Å². The summed E-state index contributed by atoms with van der Waals surface area (Å²) in [6, 6.07) is 15.8. The summed E-state index contributed by atoms with van der Waals surface area (Å²) in [6.45, 7) is 0. The van der Waals surface area contributed by atoms with Crippen LogP contribution in [0, 0.1) is 0 Å². The van der Waals surface area contributed by atoms with Crippen LogP contribution in [0.3, 0.4) is 0 Å². The van der Waals surface area contributed by atoms with E-state index in [4.69, 9.17) is 0 Å². The Morgan fingerprint density at radius 2 is 1.84 bits per heavy atom. The lowest BCUT2D eigenvalue weighted by Crippen LogP contribution is -2.19. The van der Waals surface area contributed by atoms with E-state index in [1.807, 2.05) is 0 Å². The summed E-state index contributed by atoms with van der Waals surface area (Å²) in [4.78, 5) is 0. The number of benzene rings is 2. The minimum atomic E-state index is 0.380. The van der Waals surface area contributed by atoms with Crippen molar-refractivity contribution in [3.63, 3.8) is 0 Å². The zero-order valence-electron chi connectivity index (χ0n) is 11.5. The van der Waals surface area contributed by atoms with Crippen molar-refractivity contribution in [1.82, 2.24) is 5.32 Å². The molecule has 98 valence electrons. The minimum Gasteiger partial charge on any atom is -0.310 e. The lowest BCUT2D eigenvalue weighted by atomic mass is 9.89. The van der Waals surface area contributed by atoms with Crippen molar-refractivity contribution in [2.24, 2.45) is 0 Å². The molecule has 0 aliphatic heterocycles. The zero-order chi connectivity index (χ0) is 13.1. The third-order valence-corrected chi connectivity index (χ3v) is 4.09. The second-order valence-corrected chi connectivity index (χ2v) is 5.35. The van der Waals surface area contributed by atoms with E-state index in [1.54, 1.807) is 5.57 Å². The van der Waals surface area contributed by atoms with Gasteiger partial charge in [-0.05, 0) is 55.1 Å². The lowest BCUT2D eigenvalue weighted by Gasteiger charge is -2.23. The van der Waals surface area contributed by atoms with E-state index in [-0.39, 0.29) is 0 Å². The van der Waals surface area contributed by atoms with E-state index in [2.05, 4.69) is 60.9 Å². The number of hydrogen-bond acceptors (Lipinski definition) is 1. The average molecular weight is 251 g/mol. The second kappa shape index (κ2) is 5.58. The monoisotopic (exact) mass is 251 g/mol. The molecule has 0 radical (unpaired) electrons. The van der Waals surface area contributed by atoms with Crippen LogP contribution in [-0.4, -0.2) is 7.05 Å². The fourth-order valence-corrected chi connectivity index (χ4v) is 3.08. The molecule has 2 aromatic carbocycles. The van der Waals surface area contributed by atoms with Crippen LogP contribution < -0.4 is 5.32 Å². The molecule has 0 aromatic heterocycles. The van der Waals surface area contributed by atoms with Gasteiger partial charge in [-0.15, -0.1) is 0 Å². The molecule has 1 N–H and O–H groups in total. The predicted molar refractivity (Wildman–Crippen MR) is 82.3 cm³/mol. The maximum atomic E-state index is 3.48. The molecule has 1 unspecified atom stereocenters. The normalized spacial score (nSPS) is 17.2. The van der Waals surface area contributed by atoms with Gasteiger partial charge in [0.2, 0.25) is 0 Å². The van der Waals surface area contributed by atoms with E-state index in [0.717, 1.165) is 0 Å². The Kier molecular flexibility index (Phi) is 3.65. The fraction of sp³-hybridized carbons (Fsp3) is 0.333. The molecule has 0 saturated heterocycles. The van der Waals surface area contributed by atoms with Gasteiger partial charge >= 0.3 is 0 Å². The van der Waals surface area contributed by atoms with Gasteiger partial charge in [-0.1, -0.05) is 48.0 Å². The van der Waals surface area contributed by atoms with Gasteiger partial charge < -0.3 is 5.32 Å². The molecule has 19 heavy (non-hydrogen) atoms. The summed E-state index contributed by atoms with van der Waals surface area (Å²) >= 11 is 0. The van der Waals surface area contributed by atoms with Crippen molar-refractivity contribution < 1.29 is 0 Å². The molecule has 0 saturated carbocycles. The summed E-state index contributed by atoms with van der Waals surface area (Å²) in [7, 11) is 2.06. The van der Waals surface area contributed by atoms with Gasteiger partial charge in [-0.25, -0.2) is 0 Å². The fourth-order valence-electron chi connectivity index (χ4n) is 3.08. The summed E-state index contributed by atoms with van der Waals surface area (Å²) < 4.78 is 0. The first kappa shape index (κ1) is 12.4. The van der Waals surface area contributed by atoms with Crippen molar-refractivity contribution in [3.05, 3.63) is 59.7 Å². The van der Waals surface area contributed by atoms with Gasteiger partial charge in [0.1, 0.15) is 0 Å². The van der Waals surface area contributed by atoms with Crippen molar-refractivity contribution in [2.45, 2.75) is 31.7 Å². The third kappa shape index (κ3) is 2.57. The van der Waals surface area contributed by atoms with E-state index in [0.29, 0.717) is 6.04 Å². The minimum absolute atomic E-state index is 0.380. The van der Waals surface area contributed by atoms with Crippen LogP contribution in [0.5, 0.6) is 0 Å². The SMILES string of the molecule is CNC(C1=CCCCC1)c1ccc2ccccc2c1. The Morgan fingerprint density at radius 3 is 2.58 bits per heavy atom. The predicted octanol–water partition coefficient (Wildman–Crippen LogP) is 4.60. The first-order valence-corrected chi connectivity index (χ1v) is 7.23. The van der Waals surface area contributed by atoms with Gasteiger partial charge in [-0.2, -0.15) is 0 Å². The molecule has 1 atom stereocenters. The van der Waals surface area contributed by atoms with Crippen LogP contribution in [0.2, 0.25) is 0 Å². The molecule has 0 amide bonds. The smallest absolute Gasteiger partial charge is 0.0533 e. The Morgan fingerprint density at radius 1 is 1.00 bits per heavy atom. The van der Waals surface area contributed by atoms with Gasteiger partial charge in [0.25, 0.3) is 0 Å². The largest absolute Gasteiger partial charge is 0.310 e. The van der Waals surface area contributed by atoms with Crippen molar-refractivity contribution >= 4 is 10.8 Å². The van der Waals surface area contributed by atoms with Crippen LogP contribution >= 0.6 is 0 Å². The van der Waals surface area contributed by atoms with Crippen molar-refractivity contribution in [1.29, 1.82) is 0 Å². The lowest BCUT2D eigenvalue weighted by molar-refractivity contribution is 0.593. The molecule has 0 heterocycles. The van der Waals surface area contributed by atoms with E-state index < -0.39 is 0 Å². The van der Waals surface area contributed by atoms with Gasteiger partial charge in [0.05, 0.1) is 6.04 Å². The highest BCUT2D eigenvalue weighted by Gasteiger charge is 2.16. The maximum absolute atomic E-state index is 3.48. The molecular formula is C18H21N. The number of rotatable bonds is 3. The Labute approximate surface area is 115 Å². The molecule has 0 bridgehead atoms.